The fraction of sp³-hybridized carbons (Fsp3) is 0.360. The van der Waals surface area contributed by atoms with Crippen molar-refractivity contribution in [3.05, 3.63) is 69.3 Å². The number of carbonyl (C=O) groups excluding carboxylic acids is 1. The monoisotopic (exact) mass is 451 g/mol. The van der Waals surface area contributed by atoms with Gasteiger partial charge in [0, 0.05) is 19.3 Å². The highest BCUT2D eigenvalue weighted by molar-refractivity contribution is 5.88. The molecule has 3 aromatic rings. The lowest BCUT2D eigenvalue weighted by Gasteiger charge is -2.21. The topological polar surface area (TPSA) is 102 Å². The summed E-state index contributed by atoms with van der Waals surface area (Å²) in [6.45, 7) is 9.26. The van der Waals surface area contributed by atoms with Gasteiger partial charge in [0.25, 0.3) is 5.56 Å². The van der Waals surface area contributed by atoms with Gasteiger partial charge in [-0.15, -0.1) is 0 Å². The van der Waals surface area contributed by atoms with E-state index in [1.54, 1.807) is 52.0 Å². The number of hydrogen-bond donors (Lipinski definition) is 1. The van der Waals surface area contributed by atoms with Crippen LogP contribution in [0.1, 0.15) is 48.1 Å². The van der Waals surface area contributed by atoms with E-state index < -0.39 is 17.4 Å². The summed E-state index contributed by atoms with van der Waals surface area (Å²) in [6, 6.07) is 10.3. The number of esters is 1. The molecule has 33 heavy (non-hydrogen) atoms. The average Bonchev–Trinajstić information content (AvgIpc) is 2.73. The first-order valence-corrected chi connectivity index (χ1v) is 10.6. The molecule has 0 fully saturated rings. The maximum atomic E-state index is 13.2. The molecule has 0 aliphatic rings. The van der Waals surface area contributed by atoms with Crippen molar-refractivity contribution in [2.45, 2.75) is 47.9 Å². The number of hydrogen-bond acceptors (Lipinski definition) is 6. The van der Waals surface area contributed by atoms with Crippen LogP contribution in [0.15, 0.2) is 41.2 Å². The van der Waals surface area contributed by atoms with Gasteiger partial charge in [0.2, 0.25) is 0 Å². The summed E-state index contributed by atoms with van der Waals surface area (Å²) in [5, 5.41) is 9.53. The Morgan fingerprint density at radius 1 is 1.12 bits per heavy atom. The van der Waals surface area contributed by atoms with Gasteiger partial charge in [-0.05, 0) is 82.1 Å². The number of rotatable bonds is 6. The van der Waals surface area contributed by atoms with Gasteiger partial charge in [-0.3, -0.25) is 14.2 Å². The zero-order valence-electron chi connectivity index (χ0n) is 19.8. The van der Waals surface area contributed by atoms with Crippen LogP contribution in [0, 0.1) is 19.3 Å². The maximum absolute atomic E-state index is 13.2. The normalized spacial score (nSPS) is 11.5. The molecular formula is C25H29N3O5. The summed E-state index contributed by atoms with van der Waals surface area (Å²) in [5.41, 5.74) is 2.66. The molecule has 1 aromatic heterocycles. The molecule has 1 heterocycles. The number of benzene rings is 2. The first-order chi connectivity index (χ1) is 15.4. The smallest absolute Gasteiger partial charge is 0.335 e. The van der Waals surface area contributed by atoms with E-state index in [-0.39, 0.29) is 17.9 Å². The fourth-order valence-electron chi connectivity index (χ4n) is 3.40. The predicted molar refractivity (Wildman–Crippen MR) is 127 cm³/mol. The van der Waals surface area contributed by atoms with Gasteiger partial charge >= 0.3 is 11.9 Å². The first-order valence-electron chi connectivity index (χ1n) is 10.6. The highest BCUT2D eigenvalue weighted by atomic mass is 16.5. The van der Waals surface area contributed by atoms with Gasteiger partial charge in [0.1, 0.15) is 5.82 Å². The molecule has 0 atom stereocenters. The van der Waals surface area contributed by atoms with E-state index in [4.69, 9.17) is 9.84 Å². The number of carboxylic acid groups (broad SMARTS) is 1. The Morgan fingerprint density at radius 2 is 1.76 bits per heavy atom. The molecule has 0 amide bonds. The van der Waals surface area contributed by atoms with Gasteiger partial charge < -0.3 is 14.7 Å². The number of fused-ring (bicyclic) bond motifs is 1. The van der Waals surface area contributed by atoms with Crippen molar-refractivity contribution in [2.75, 3.05) is 11.9 Å². The number of aromatic carboxylic acids is 1. The van der Waals surface area contributed by atoms with E-state index in [0.717, 1.165) is 16.8 Å². The standard InChI is InChI=1S/C25H29N3O5/c1-15-11-21-20(22(29)28(16(2)26-21)14-33-24(32)25(3,4)5)12-18(15)13-27(6)19-9-7-17(8-10-19)23(30)31/h7-12H,13-14H2,1-6H3,(H,30,31). The van der Waals surface area contributed by atoms with Gasteiger partial charge in [-0.1, -0.05) is 0 Å². The third-order valence-electron chi connectivity index (χ3n) is 5.50. The Morgan fingerprint density at radius 3 is 2.33 bits per heavy atom. The maximum Gasteiger partial charge on any atom is 0.335 e. The van der Waals surface area contributed by atoms with Crippen LogP contribution < -0.4 is 10.5 Å². The van der Waals surface area contributed by atoms with E-state index in [9.17, 15) is 14.4 Å². The number of carboxylic acids is 1. The second-order valence-corrected chi connectivity index (χ2v) is 9.21. The van der Waals surface area contributed by atoms with E-state index in [0.29, 0.717) is 23.3 Å². The number of carbonyl (C=O) groups is 2. The quantitative estimate of drug-likeness (QED) is 0.567. The molecule has 0 saturated carbocycles. The van der Waals surface area contributed by atoms with Crippen LogP contribution in [0.5, 0.6) is 0 Å². The lowest BCUT2D eigenvalue weighted by Crippen LogP contribution is -2.30. The van der Waals surface area contributed by atoms with Gasteiger partial charge in [-0.2, -0.15) is 0 Å². The van der Waals surface area contributed by atoms with E-state index in [1.165, 1.54) is 4.57 Å². The van der Waals surface area contributed by atoms with Crippen molar-refractivity contribution in [2.24, 2.45) is 5.41 Å². The summed E-state index contributed by atoms with van der Waals surface area (Å²) in [7, 11) is 1.90. The molecule has 0 aliphatic carbocycles. The number of anilines is 1. The number of nitrogens with zero attached hydrogens (tertiary/aromatic N) is 3. The summed E-state index contributed by atoms with van der Waals surface area (Å²) >= 11 is 0. The highest BCUT2D eigenvalue weighted by Gasteiger charge is 2.23. The molecule has 0 unspecified atom stereocenters. The molecule has 0 bridgehead atoms. The summed E-state index contributed by atoms with van der Waals surface area (Å²) in [4.78, 5) is 42.9. The predicted octanol–water partition coefficient (Wildman–Crippen LogP) is 3.89. The van der Waals surface area contributed by atoms with Crippen LogP contribution in [0.2, 0.25) is 0 Å². The van der Waals surface area contributed by atoms with Crippen molar-refractivity contribution >= 4 is 28.5 Å². The lowest BCUT2D eigenvalue weighted by atomic mass is 9.98. The Kier molecular flexibility index (Phi) is 6.58. The number of aromatic nitrogens is 2. The zero-order valence-corrected chi connectivity index (χ0v) is 19.8. The molecule has 0 radical (unpaired) electrons. The van der Waals surface area contributed by atoms with Gasteiger partial charge in [-0.25, -0.2) is 9.78 Å². The minimum atomic E-state index is -0.971. The largest absolute Gasteiger partial charge is 0.478 e. The second kappa shape index (κ2) is 9.05. The molecule has 174 valence electrons. The molecule has 0 saturated heterocycles. The van der Waals surface area contributed by atoms with E-state index >= 15 is 0 Å². The zero-order chi connectivity index (χ0) is 24.5. The molecule has 2 aromatic carbocycles. The van der Waals surface area contributed by atoms with Crippen molar-refractivity contribution in [3.8, 4) is 0 Å². The summed E-state index contributed by atoms with van der Waals surface area (Å²) < 4.78 is 6.70. The van der Waals surface area contributed by atoms with Crippen molar-refractivity contribution < 1.29 is 19.4 Å². The summed E-state index contributed by atoms with van der Waals surface area (Å²) in [5.74, 6) is -0.895. The van der Waals surface area contributed by atoms with Crippen molar-refractivity contribution in [1.82, 2.24) is 9.55 Å². The third-order valence-corrected chi connectivity index (χ3v) is 5.50. The molecule has 8 nitrogen and oxygen atoms in total. The molecule has 0 spiro atoms. The molecule has 8 heteroatoms. The van der Waals surface area contributed by atoms with E-state index in [1.807, 2.05) is 31.0 Å². The van der Waals surface area contributed by atoms with Crippen molar-refractivity contribution in [1.29, 1.82) is 0 Å². The van der Waals surface area contributed by atoms with Crippen LogP contribution in [-0.4, -0.2) is 33.6 Å². The SMILES string of the molecule is Cc1cc2nc(C)n(COC(=O)C(C)(C)C)c(=O)c2cc1CN(C)c1ccc(C(=O)O)cc1. The minimum Gasteiger partial charge on any atom is -0.478 e. The Hall–Kier alpha value is -3.68. The number of ether oxygens (including phenoxy) is 1. The molecular weight excluding hydrogens is 422 g/mol. The highest BCUT2D eigenvalue weighted by Crippen LogP contribution is 2.22. The van der Waals surface area contributed by atoms with Crippen LogP contribution >= 0.6 is 0 Å². The second-order valence-electron chi connectivity index (χ2n) is 9.21. The molecule has 3 rings (SSSR count). The Balaban J connectivity index is 1.92. The first kappa shape index (κ1) is 24.0. The van der Waals surface area contributed by atoms with Crippen LogP contribution in [0.4, 0.5) is 5.69 Å². The van der Waals surface area contributed by atoms with Crippen LogP contribution in [-0.2, 0) is 22.8 Å². The molecule has 0 aliphatic heterocycles. The van der Waals surface area contributed by atoms with Gasteiger partial charge in [0.15, 0.2) is 6.73 Å². The minimum absolute atomic E-state index is 0.192. The number of aryl methyl sites for hydroxylation is 2. The van der Waals surface area contributed by atoms with E-state index in [2.05, 4.69) is 4.98 Å². The average molecular weight is 452 g/mol. The summed E-state index contributed by atoms with van der Waals surface area (Å²) in [6.07, 6.45) is 0. The van der Waals surface area contributed by atoms with Crippen LogP contribution in [0.25, 0.3) is 10.9 Å². The van der Waals surface area contributed by atoms with Crippen LogP contribution in [0.3, 0.4) is 0 Å². The Bertz CT molecular complexity index is 1270. The Labute approximate surface area is 192 Å². The third kappa shape index (κ3) is 5.22. The van der Waals surface area contributed by atoms with Crippen molar-refractivity contribution in [3.63, 3.8) is 0 Å². The molecule has 1 N–H and O–H groups in total. The van der Waals surface area contributed by atoms with Gasteiger partial charge in [0.05, 0.1) is 21.9 Å². The fourth-order valence-corrected chi connectivity index (χ4v) is 3.40. The lowest BCUT2D eigenvalue weighted by molar-refractivity contribution is -0.157.